The number of alkyl halides is 2. The zero-order valence-electron chi connectivity index (χ0n) is 13.5. The van der Waals surface area contributed by atoms with Crippen LogP contribution < -0.4 is 14.8 Å². The molecule has 0 atom stereocenters. The lowest BCUT2D eigenvalue weighted by Crippen LogP contribution is -2.15. The highest BCUT2D eigenvalue weighted by molar-refractivity contribution is 7.99. The summed E-state index contributed by atoms with van der Waals surface area (Å²) in [5.41, 5.74) is 0.948. The van der Waals surface area contributed by atoms with Gasteiger partial charge in [-0.1, -0.05) is 35.5 Å². The standard InChI is InChI=1S/C17H16ClF2NO3S/c1-23-13-7-6-10(8-14(13)24-2)9-15(22)21-12-5-3-4-11(18)16(12)25-17(19)20/h3-8,17H,9H2,1-2H3,(H,21,22). The molecule has 1 N–H and O–H groups in total. The van der Waals surface area contributed by atoms with E-state index in [4.69, 9.17) is 21.1 Å². The number of ether oxygens (including phenoxy) is 2. The Balaban J connectivity index is 2.14. The fourth-order valence-electron chi connectivity index (χ4n) is 2.19. The topological polar surface area (TPSA) is 47.6 Å². The van der Waals surface area contributed by atoms with Gasteiger partial charge in [0.2, 0.25) is 5.91 Å². The molecule has 0 bridgehead atoms. The van der Waals surface area contributed by atoms with E-state index in [1.54, 1.807) is 24.3 Å². The van der Waals surface area contributed by atoms with Gasteiger partial charge in [-0.05, 0) is 29.8 Å². The number of anilines is 1. The van der Waals surface area contributed by atoms with Crippen molar-refractivity contribution in [2.45, 2.75) is 17.1 Å². The predicted molar refractivity (Wildman–Crippen MR) is 95.2 cm³/mol. The maximum Gasteiger partial charge on any atom is 0.289 e. The molecule has 0 fully saturated rings. The summed E-state index contributed by atoms with van der Waals surface area (Å²) in [5, 5.41) is 2.78. The molecule has 0 radical (unpaired) electrons. The zero-order chi connectivity index (χ0) is 18.4. The van der Waals surface area contributed by atoms with Gasteiger partial charge in [0, 0.05) is 0 Å². The van der Waals surface area contributed by atoms with Gasteiger partial charge in [-0.15, -0.1) is 0 Å². The molecule has 2 aromatic carbocycles. The van der Waals surface area contributed by atoms with Crippen molar-refractivity contribution in [1.82, 2.24) is 0 Å². The van der Waals surface area contributed by atoms with E-state index >= 15 is 0 Å². The smallest absolute Gasteiger partial charge is 0.289 e. The first kappa shape index (κ1) is 19.3. The molecule has 0 saturated heterocycles. The number of rotatable bonds is 7. The molecule has 0 unspecified atom stereocenters. The summed E-state index contributed by atoms with van der Waals surface area (Å²) in [6, 6.07) is 9.72. The number of carbonyl (C=O) groups excluding carboxylic acids is 1. The van der Waals surface area contributed by atoms with Crippen LogP contribution in [0, 0.1) is 0 Å². The van der Waals surface area contributed by atoms with Crippen molar-refractivity contribution in [3.05, 3.63) is 47.0 Å². The summed E-state index contributed by atoms with van der Waals surface area (Å²) in [6.07, 6.45) is 0.0473. The van der Waals surface area contributed by atoms with Crippen LogP contribution in [0.4, 0.5) is 14.5 Å². The largest absolute Gasteiger partial charge is 0.493 e. The molecule has 0 aliphatic heterocycles. The fourth-order valence-corrected chi connectivity index (χ4v) is 3.10. The Morgan fingerprint density at radius 3 is 2.56 bits per heavy atom. The van der Waals surface area contributed by atoms with E-state index in [9.17, 15) is 13.6 Å². The first-order valence-electron chi connectivity index (χ1n) is 7.18. The molecule has 0 aliphatic carbocycles. The van der Waals surface area contributed by atoms with Gasteiger partial charge in [-0.3, -0.25) is 4.79 Å². The van der Waals surface area contributed by atoms with Crippen LogP contribution in [-0.4, -0.2) is 25.9 Å². The molecule has 0 heterocycles. The van der Waals surface area contributed by atoms with Crippen LogP contribution >= 0.6 is 23.4 Å². The molecule has 1 amide bonds. The Morgan fingerprint density at radius 1 is 1.20 bits per heavy atom. The molecule has 0 spiro atoms. The molecule has 0 aromatic heterocycles. The Bertz CT molecular complexity index is 759. The quantitative estimate of drug-likeness (QED) is 0.690. The molecular weight excluding hydrogens is 372 g/mol. The zero-order valence-corrected chi connectivity index (χ0v) is 15.1. The lowest BCUT2D eigenvalue weighted by atomic mass is 10.1. The molecular formula is C17H16ClF2NO3S. The first-order chi connectivity index (χ1) is 11.9. The van der Waals surface area contributed by atoms with Gasteiger partial charge in [0.1, 0.15) is 0 Å². The van der Waals surface area contributed by atoms with E-state index in [0.29, 0.717) is 28.8 Å². The second kappa shape index (κ2) is 8.92. The number of benzene rings is 2. The van der Waals surface area contributed by atoms with Gasteiger partial charge in [0.15, 0.2) is 11.5 Å². The maximum absolute atomic E-state index is 12.7. The normalized spacial score (nSPS) is 10.6. The number of hydrogen-bond acceptors (Lipinski definition) is 4. The van der Waals surface area contributed by atoms with Crippen LogP contribution in [0.5, 0.6) is 11.5 Å². The Kier molecular flexibility index (Phi) is 6.90. The third-order valence-corrected chi connectivity index (χ3v) is 4.54. The van der Waals surface area contributed by atoms with Crippen molar-refractivity contribution in [2.24, 2.45) is 0 Å². The molecule has 25 heavy (non-hydrogen) atoms. The predicted octanol–water partition coefficient (Wildman–Crippen LogP) is 4.85. The molecule has 0 aliphatic rings. The monoisotopic (exact) mass is 387 g/mol. The van der Waals surface area contributed by atoms with Gasteiger partial charge < -0.3 is 14.8 Å². The summed E-state index contributed by atoms with van der Waals surface area (Å²) < 4.78 is 35.7. The van der Waals surface area contributed by atoms with Crippen molar-refractivity contribution in [3.8, 4) is 11.5 Å². The Labute approximate surface area is 153 Å². The fraction of sp³-hybridized carbons (Fsp3) is 0.235. The van der Waals surface area contributed by atoms with Crippen LogP contribution in [0.2, 0.25) is 5.02 Å². The number of carbonyl (C=O) groups is 1. The second-order valence-electron chi connectivity index (χ2n) is 4.91. The average molecular weight is 388 g/mol. The number of amides is 1. The van der Waals surface area contributed by atoms with Crippen LogP contribution in [0.25, 0.3) is 0 Å². The van der Waals surface area contributed by atoms with Crippen molar-refractivity contribution in [1.29, 1.82) is 0 Å². The van der Waals surface area contributed by atoms with E-state index in [1.165, 1.54) is 26.4 Å². The second-order valence-corrected chi connectivity index (χ2v) is 6.32. The van der Waals surface area contributed by atoms with Gasteiger partial charge in [0.25, 0.3) is 5.76 Å². The van der Waals surface area contributed by atoms with E-state index in [2.05, 4.69) is 5.32 Å². The van der Waals surface area contributed by atoms with Crippen molar-refractivity contribution in [2.75, 3.05) is 19.5 Å². The highest BCUT2D eigenvalue weighted by Crippen LogP contribution is 2.37. The van der Waals surface area contributed by atoms with Gasteiger partial charge in [-0.2, -0.15) is 8.78 Å². The number of nitrogens with one attached hydrogen (secondary N) is 1. The minimum Gasteiger partial charge on any atom is -0.493 e. The van der Waals surface area contributed by atoms with Crippen molar-refractivity contribution < 1.29 is 23.0 Å². The molecule has 2 rings (SSSR count). The number of halogens is 3. The first-order valence-corrected chi connectivity index (χ1v) is 8.44. The van der Waals surface area contributed by atoms with Crippen molar-refractivity contribution >= 4 is 35.0 Å². The lowest BCUT2D eigenvalue weighted by molar-refractivity contribution is -0.115. The SMILES string of the molecule is COc1ccc(CC(=O)Nc2cccc(Cl)c2SC(F)F)cc1OC. The highest BCUT2D eigenvalue weighted by atomic mass is 35.5. The van der Waals surface area contributed by atoms with Crippen molar-refractivity contribution in [3.63, 3.8) is 0 Å². The minimum atomic E-state index is -2.64. The summed E-state index contributed by atoms with van der Waals surface area (Å²) >= 11 is 6.25. The van der Waals surface area contributed by atoms with E-state index in [-0.39, 0.29) is 27.9 Å². The summed E-state index contributed by atoms with van der Waals surface area (Å²) in [7, 11) is 3.02. The number of methoxy groups -OCH3 is 2. The molecule has 4 nitrogen and oxygen atoms in total. The molecule has 8 heteroatoms. The molecule has 134 valence electrons. The Hall–Kier alpha value is -1.99. The van der Waals surface area contributed by atoms with Crippen LogP contribution in [0.15, 0.2) is 41.3 Å². The van der Waals surface area contributed by atoms with Crippen LogP contribution in [0.1, 0.15) is 5.56 Å². The summed E-state index contributed by atoms with van der Waals surface area (Å²) in [6.45, 7) is 0. The summed E-state index contributed by atoms with van der Waals surface area (Å²) in [4.78, 5) is 12.4. The van der Waals surface area contributed by atoms with Gasteiger partial charge in [0.05, 0.1) is 36.2 Å². The Morgan fingerprint density at radius 2 is 1.92 bits per heavy atom. The third kappa shape index (κ3) is 5.24. The van der Waals surface area contributed by atoms with E-state index in [0.717, 1.165) is 0 Å². The van der Waals surface area contributed by atoms with E-state index in [1.807, 2.05) is 0 Å². The maximum atomic E-state index is 12.7. The van der Waals surface area contributed by atoms with Crippen LogP contribution in [-0.2, 0) is 11.2 Å². The van der Waals surface area contributed by atoms with Gasteiger partial charge >= 0.3 is 0 Å². The number of thioether (sulfide) groups is 1. The average Bonchev–Trinajstić information content (AvgIpc) is 2.57. The van der Waals surface area contributed by atoms with E-state index < -0.39 is 5.76 Å². The number of hydrogen-bond donors (Lipinski definition) is 1. The molecule has 0 saturated carbocycles. The minimum absolute atomic E-state index is 0.0473. The lowest BCUT2D eigenvalue weighted by Gasteiger charge is -2.13. The third-order valence-electron chi connectivity index (χ3n) is 3.26. The summed E-state index contributed by atoms with van der Waals surface area (Å²) in [5.74, 6) is -1.94. The molecule has 2 aromatic rings. The van der Waals surface area contributed by atoms with Crippen LogP contribution in [0.3, 0.4) is 0 Å². The van der Waals surface area contributed by atoms with Gasteiger partial charge in [-0.25, -0.2) is 0 Å². The highest BCUT2D eigenvalue weighted by Gasteiger charge is 2.16.